The van der Waals surface area contributed by atoms with E-state index in [0.29, 0.717) is 17.8 Å². The van der Waals surface area contributed by atoms with Crippen LogP contribution in [0, 0.1) is 17.8 Å². The predicted octanol–water partition coefficient (Wildman–Crippen LogP) is 3.04. The zero-order chi connectivity index (χ0) is 14.6. The van der Waals surface area contributed by atoms with E-state index < -0.39 is 0 Å². The summed E-state index contributed by atoms with van der Waals surface area (Å²) in [5.74, 6) is 1.34. The van der Waals surface area contributed by atoms with Gasteiger partial charge in [-0.1, -0.05) is 39.8 Å². The number of ether oxygens (including phenoxy) is 1. The minimum Gasteiger partial charge on any atom is -0.455 e. The number of rotatable bonds is 4. The second-order valence-corrected chi connectivity index (χ2v) is 7.14. The average Bonchev–Trinajstić information content (AvgIpc) is 2.37. The van der Waals surface area contributed by atoms with Gasteiger partial charge in [0.2, 0.25) is 0 Å². The van der Waals surface area contributed by atoms with Crippen LogP contribution in [0.3, 0.4) is 0 Å². The minimum absolute atomic E-state index is 0.101. The monoisotopic (exact) mass is 282 g/mol. The maximum Gasteiger partial charge on any atom is 0.333 e. The summed E-state index contributed by atoms with van der Waals surface area (Å²) >= 11 is 0. The van der Waals surface area contributed by atoms with E-state index in [1.165, 1.54) is 19.3 Å². The molecule has 0 aromatic carbocycles. The maximum atomic E-state index is 12.3. The van der Waals surface area contributed by atoms with Gasteiger partial charge >= 0.3 is 5.97 Å². The van der Waals surface area contributed by atoms with Crippen LogP contribution in [0.15, 0.2) is 11.3 Å². The first kappa shape index (κ1) is 16.5. The van der Waals surface area contributed by atoms with Crippen molar-refractivity contribution in [2.45, 2.75) is 65.9 Å². The van der Waals surface area contributed by atoms with Crippen LogP contribution < -0.4 is 0 Å². The summed E-state index contributed by atoms with van der Waals surface area (Å²) in [6.07, 6.45) is 4.66. The summed E-state index contributed by atoms with van der Waals surface area (Å²) < 4.78 is 6.08. The van der Waals surface area contributed by atoms with Crippen molar-refractivity contribution in [3.63, 3.8) is 0 Å². The van der Waals surface area contributed by atoms with Crippen molar-refractivity contribution in [1.82, 2.24) is 0 Å². The fourth-order valence-corrected chi connectivity index (χ4v) is 3.66. The van der Waals surface area contributed by atoms with Crippen LogP contribution in [-0.2, 0) is 9.53 Å². The first-order valence-electron chi connectivity index (χ1n) is 7.71. The van der Waals surface area contributed by atoms with E-state index in [1.807, 2.05) is 12.6 Å². The van der Waals surface area contributed by atoms with Crippen LogP contribution in [0.25, 0.3) is 0 Å². The summed E-state index contributed by atoms with van der Waals surface area (Å²) in [6, 6.07) is 0. The summed E-state index contributed by atoms with van der Waals surface area (Å²) in [4.78, 5) is 12.3. The highest BCUT2D eigenvalue weighted by atomic mass is 28.1. The minimum atomic E-state index is -0.255. The standard InChI is InChI=1S/C16H30O2Si/c1-11(2)14-8-6-7-9-16(14,12(3)4)18-15(17)13(5)10-19/h10-12,14H,6-9H2,1-5,19H3. The maximum absolute atomic E-state index is 12.3. The third kappa shape index (κ3) is 3.50. The van der Waals surface area contributed by atoms with Gasteiger partial charge in [-0.2, -0.15) is 0 Å². The van der Waals surface area contributed by atoms with Crippen LogP contribution in [0.2, 0.25) is 0 Å². The van der Waals surface area contributed by atoms with E-state index in [-0.39, 0.29) is 11.6 Å². The number of carbonyl (C=O) groups excluding carboxylic acids is 1. The van der Waals surface area contributed by atoms with E-state index >= 15 is 0 Å². The van der Waals surface area contributed by atoms with Crippen molar-refractivity contribution in [3.8, 4) is 0 Å². The molecule has 1 aliphatic rings. The normalized spacial score (nSPS) is 29.0. The van der Waals surface area contributed by atoms with Crippen molar-refractivity contribution in [1.29, 1.82) is 0 Å². The van der Waals surface area contributed by atoms with Gasteiger partial charge in [-0.05, 0) is 38.0 Å². The first-order valence-corrected chi connectivity index (χ1v) is 8.86. The van der Waals surface area contributed by atoms with E-state index in [1.54, 1.807) is 0 Å². The largest absolute Gasteiger partial charge is 0.455 e. The molecule has 1 fully saturated rings. The lowest BCUT2D eigenvalue weighted by Crippen LogP contribution is -2.51. The second-order valence-electron chi connectivity index (χ2n) is 6.57. The molecule has 2 nitrogen and oxygen atoms in total. The third-order valence-corrected chi connectivity index (χ3v) is 5.65. The third-order valence-electron chi connectivity index (χ3n) is 4.78. The van der Waals surface area contributed by atoms with Gasteiger partial charge in [0.05, 0.1) is 0 Å². The molecule has 0 amide bonds. The van der Waals surface area contributed by atoms with Gasteiger partial charge in [0, 0.05) is 21.7 Å². The Bertz CT molecular complexity index is 347. The highest BCUT2D eigenvalue weighted by Gasteiger charge is 2.47. The van der Waals surface area contributed by atoms with Gasteiger partial charge < -0.3 is 4.74 Å². The average molecular weight is 282 g/mol. The summed E-state index contributed by atoms with van der Waals surface area (Å²) in [5.41, 5.74) is 2.50. The van der Waals surface area contributed by atoms with Gasteiger partial charge in [0.25, 0.3) is 0 Å². The van der Waals surface area contributed by atoms with Crippen LogP contribution >= 0.6 is 0 Å². The summed E-state index contributed by atoms with van der Waals surface area (Å²) in [6.45, 7) is 10.8. The van der Waals surface area contributed by atoms with Gasteiger partial charge in [-0.15, -0.1) is 0 Å². The van der Waals surface area contributed by atoms with E-state index in [0.717, 1.165) is 22.2 Å². The summed E-state index contributed by atoms with van der Waals surface area (Å²) in [5, 5.41) is 0. The first-order chi connectivity index (χ1) is 8.85. The molecule has 2 unspecified atom stereocenters. The fraction of sp³-hybridized carbons (Fsp3) is 0.812. The van der Waals surface area contributed by atoms with Crippen LogP contribution in [-0.4, -0.2) is 21.8 Å². The SMILES string of the molecule is CC(=C[SiH3])C(=O)OC1(C(C)C)CCCCC1C(C)C. The second kappa shape index (κ2) is 6.73. The molecule has 0 aromatic rings. The smallest absolute Gasteiger partial charge is 0.333 e. The number of carbonyl (C=O) groups is 1. The molecule has 110 valence electrons. The Balaban J connectivity index is 3.04. The lowest BCUT2D eigenvalue weighted by molar-refractivity contribution is -0.178. The highest BCUT2D eigenvalue weighted by Crippen LogP contribution is 2.46. The number of esters is 1. The Kier molecular flexibility index (Phi) is 5.84. The molecule has 0 bridgehead atoms. The molecule has 0 radical (unpaired) electrons. The van der Waals surface area contributed by atoms with Gasteiger partial charge in [-0.25, -0.2) is 4.79 Å². The van der Waals surface area contributed by atoms with Crippen LogP contribution in [0.1, 0.15) is 60.3 Å². The topological polar surface area (TPSA) is 26.3 Å². The Hall–Kier alpha value is -0.573. The fourth-order valence-electron chi connectivity index (χ4n) is 3.43. The molecule has 2 atom stereocenters. The van der Waals surface area contributed by atoms with Crippen molar-refractivity contribution in [2.75, 3.05) is 0 Å². The van der Waals surface area contributed by atoms with E-state index in [4.69, 9.17) is 4.74 Å². The molecule has 0 aromatic heterocycles. The number of hydrogen-bond acceptors (Lipinski definition) is 2. The van der Waals surface area contributed by atoms with Crippen molar-refractivity contribution >= 4 is 16.2 Å². The van der Waals surface area contributed by atoms with Crippen molar-refractivity contribution in [3.05, 3.63) is 11.3 Å². The quantitative estimate of drug-likeness (QED) is 0.450. The molecule has 0 aliphatic heterocycles. The van der Waals surface area contributed by atoms with Gasteiger partial charge in [-0.3, -0.25) is 0 Å². The summed E-state index contributed by atoms with van der Waals surface area (Å²) in [7, 11) is 0.905. The Morgan fingerprint density at radius 2 is 1.95 bits per heavy atom. The van der Waals surface area contributed by atoms with E-state index in [2.05, 4.69) is 27.7 Å². The zero-order valence-electron chi connectivity index (χ0n) is 13.5. The lowest BCUT2D eigenvalue weighted by Gasteiger charge is -2.48. The molecule has 3 heteroatoms. The van der Waals surface area contributed by atoms with Gasteiger partial charge in [0.15, 0.2) is 0 Å². The lowest BCUT2D eigenvalue weighted by atomic mass is 9.65. The number of hydrogen-bond donors (Lipinski definition) is 0. The molecule has 1 aliphatic carbocycles. The molecular weight excluding hydrogens is 252 g/mol. The highest BCUT2D eigenvalue weighted by molar-refractivity contribution is 6.19. The predicted molar refractivity (Wildman–Crippen MR) is 84.2 cm³/mol. The molecule has 0 spiro atoms. The molecule has 1 rings (SSSR count). The molecule has 0 N–H and O–H groups in total. The molecule has 19 heavy (non-hydrogen) atoms. The van der Waals surface area contributed by atoms with E-state index in [9.17, 15) is 4.79 Å². The molecular formula is C16H30O2Si. The Morgan fingerprint density at radius 3 is 2.42 bits per heavy atom. The van der Waals surface area contributed by atoms with Crippen molar-refractivity contribution in [2.24, 2.45) is 17.8 Å². The van der Waals surface area contributed by atoms with Crippen LogP contribution in [0.4, 0.5) is 0 Å². The molecule has 1 saturated carbocycles. The molecule has 0 saturated heterocycles. The Morgan fingerprint density at radius 1 is 1.32 bits per heavy atom. The van der Waals surface area contributed by atoms with Crippen molar-refractivity contribution < 1.29 is 9.53 Å². The molecule has 0 heterocycles. The zero-order valence-corrected chi connectivity index (χ0v) is 15.5. The van der Waals surface area contributed by atoms with Crippen LogP contribution in [0.5, 0.6) is 0 Å². The Labute approximate surface area is 121 Å². The van der Waals surface area contributed by atoms with Gasteiger partial charge in [0.1, 0.15) is 5.60 Å².